The molecule has 0 amide bonds. The number of carboxylic acid groups (broad SMARTS) is 1. The number of hydrogen-bond donors (Lipinski definition) is 1. The Balaban J connectivity index is 2.43. The van der Waals surface area contributed by atoms with Crippen LogP contribution in [0.15, 0.2) is 22.7 Å². The number of aryl methyl sites for hydroxylation is 1. The van der Waals surface area contributed by atoms with Crippen LogP contribution in [0.2, 0.25) is 0 Å². The number of rotatable bonds is 6. The molecular weight excluding hydrogens is 296 g/mol. The molecule has 3 nitrogen and oxygen atoms in total. The first-order valence-electron chi connectivity index (χ1n) is 5.95. The van der Waals surface area contributed by atoms with Gasteiger partial charge in [0, 0.05) is 4.47 Å². The molecule has 0 saturated heterocycles. The second-order valence-corrected chi connectivity index (χ2v) is 5.97. The van der Waals surface area contributed by atoms with Gasteiger partial charge in [-0.25, -0.2) is 0 Å². The SMILES string of the molecule is Cc1ccc(Br)cc1OCCCC(C)(C)C(=O)O. The number of carbonyl (C=O) groups is 1. The largest absolute Gasteiger partial charge is 0.493 e. The maximum Gasteiger partial charge on any atom is 0.309 e. The summed E-state index contributed by atoms with van der Waals surface area (Å²) < 4.78 is 6.65. The van der Waals surface area contributed by atoms with Crippen LogP contribution >= 0.6 is 15.9 Å². The first kappa shape index (κ1) is 15.0. The van der Waals surface area contributed by atoms with Gasteiger partial charge in [-0.3, -0.25) is 4.79 Å². The van der Waals surface area contributed by atoms with Gasteiger partial charge in [-0.15, -0.1) is 0 Å². The van der Waals surface area contributed by atoms with E-state index in [0.29, 0.717) is 13.0 Å². The Kier molecular flexibility index (Phi) is 5.20. The zero-order valence-electron chi connectivity index (χ0n) is 11.0. The molecule has 0 bridgehead atoms. The molecule has 0 atom stereocenters. The van der Waals surface area contributed by atoms with E-state index < -0.39 is 11.4 Å². The van der Waals surface area contributed by atoms with Crippen LogP contribution in [0.5, 0.6) is 5.75 Å². The molecule has 0 fully saturated rings. The fraction of sp³-hybridized carbons (Fsp3) is 0.500. The van der Waals surface area contributed by atoms with Crippen LogP contribution in [0.1, 0.15) is 32.3 Å². The van der Waals surface area contributed by atoms with Gasteiger partial charge < -0.3 is 9.84 Å². The normalized spacial score (nSPS) is 11.3. The standard InChI is InChI=1S/C14H19BrO3/c1-10-5-6-11(15)9-12(10)18-8-4-7-14(2,3)13(16)17/h5-6,9H,4,7-8H2,1-3H3,(H,16,17). The lowest BCUT2D eigenvalue weighted by Gasteiger charge is -2.19. The molecule has 100 valence electrons. The van der Waals surface area contributed by atoms with Crippen molar-refractivity contribution in [3.05, 3.63) is 28.2 Å². The Bertz CT molecular complexity index is 427. The summed E-state index contributed by atoms with van der Waals surface area (Å²) in [5, 5.41) is 8.99. The Labute approximate surface area is 116 Å². The van der Waals surface area contributed by atoms with E-state index >= 15 is 0 Å². The summed E-state index contributed by atoms with van der Waals surface area (Å²) in [5.74, 6) is 0.0821. The Morgan fingerprint density at radius 2 is 2.11 bits per heavy atom. The molecule has 18 heavy (non-hydrogen) atoms. The minimum absolute atomic E-state index is 0.536. The molecule has 0 unspecified atom stereocenters. The van der Waals surface area contributed by atoms with Gasteiger partial charge in [0.1, 0.15) is 5.75 Å². The van der Waals surface area contributed by atoms with Crippen molar-refractivity contribution in [3.63, 3.8) is 0 Å². The predicted octanol–water partition coefficient (Wildman–Crippen LogP) is 4.03. The lowest BCUT2D eigenvalue weighted by molar-refractivity contribution is -0.147. The van der Waals surface area contributed by atoms with E-state index in [9.17, 15) is 4.79 Å². The second-order valence-electron chi connectivity index (χ2n) is 5.05. The molecule has 0 heterocycles. The molecule has 1 aromatic carbocycles. The summed E-state index contributed by atoms with van der Waals surface area (Å²) in [6.45, 7) is 6.00. The summed E-state index contributed by atoms with van der Waals surface area (Å²) in [5.41, 5.74) is 0.395. The molecule has 0 aliphatic heterocycles. The number of carboxylic acids is 1. The van der Waals surface area contributed by atoms with Crippen LogP contribution in [0.25, 0.3) is 0 Å². The molecule has 4 heteroatoms. The summed E-state index contributed by atoms with van der Waals surface area (Å²) in [7, 11) is 0. The third-order valence-electron chi connectivity index (χ3n) is 2.93. The van der Waals surface area contributed by atoms with E-state index in [1.807, 2.05) is 25.1 Å². The molecule has 0 spiro atoms. The summed E-state index contributed by atoms with van der Waals surface area (Å²) >= 11 is 3.40. The van der Waals surface area contributed by atoms with E-state index in [1.165, 1.54) is 0 Å². The third kappa shape index (κ3) is 4.33. The van der Waals surface area contributed by atoms with Crippen molar-refractivity contribution >= 4 is 21.9 Å². The smallest absolute Gasteiger partial charge is 0.309 e. The van der Waals surface area contributed by atoms with Crippen molar-refractivity contribution < 1.29 is 14.6 Å². The Morgan fingerprint density at radius 1 is 1.44 bits per heavy atom. The second kappa shape index (κ2) is 6.23. The monoisotopic (exact) mass is 314 g/mol. The fourth-order valence-corrected chi connectivity index (χ4v) is 1.87. The molecule has 0 aromatic heterocycles. The van der Waals surface area contributed by atoms with Gasteiger partial charge in [-0.1, -0.05) is 22.0 Å². The van der Waals surface area contributed by atoms with Gasteiger partial charge in [0.05, 0.1) is 12.0 Å². The molecule has 0 aliphatic rings. The first-order valence-corrected chi connectivity index (χ1v) is 6.74. The van der Waals surface area contributed by atoms with Crippen molar-refractivity contribution in [1.29, 1.82) is 0 Å². The Hall–Kier alpha value is -1.03. The average molecular weight is 315 g/mol. The summed E-state index contributed by atoms with van der Waals surface area (Å²) in [6.07, 6.45) is 1.33. The highest BCUT2D eigenvalue weighted by Gasteiger charge is 2.26. The summed E-state index contributed by atoms with van der Waals surface area (Å²) in [6, 6.07) is 5.88. The highest BCUT2D eigenvalue weighted by Crippen LogP contribution is 2.25. The van der Waals surface area contributed by atoms with Gasteiger partial charge in [-0.05, 0) is 51.3 Å². The maximum absolute atomic E-state index is 10.9. The molecule has 0 saturated carbocycles. The molecule has 1 N–H and O–H groups in total. The lowest BCUT2D eigenvalue weighted by atomic mass is 9.88. The fourth-order valence-electron chi connectivity index (χ4n) is 1.53. The van der Waals surface area contributed by atoms with Gasteiger partial charge >= 0.3 is 5.97 Å². The average Bonchev–Trinajstić information content (AvgIpc) is 2.28. The van der Waals surface area contributed by atoms with E-state index in [-0.39, 0.29) is 0 Å². The van der Waals surface area contributed by atoms with Crippen molar-refractivity contribution in [2.45, 2.75) is 33.6 Å². The van der Waals surface area contributed by atoms with E-state index in [4.69, 9.17) is 9.84 Å². The molecule has 0 radical (unpaired) electrons. The van der Waals surface area contributed by atoms with E-state index in [2.05, 4.69) is 15.9 Å². The lowest BCUT2D eigenvalue weighted by Crippen LogP contribution is -2.24. The van der Waals surface area contributed by atoms with Crippen LogP contribution in [0.4, 0.5) is 0 Å². The molecule has 1 rings (SSSR count). The first-order chi connectivity index (χ1) is 8.33. The Morgan fingerprint density at radius 3 is 2.72 bits per heavy atom. The zero-order valence-corrected chi connectivity index (χ0v) is 12.6. The van der Waals surface area contributed by atoms with Gasteiger partial charge in [0.15, 0.2) is 0 Å². The topological polar surface area (TPSA) is 46.5 Å². The number of ether oxygens (including phenoxy) is 1. The zero-order chi connectivity index (χ0) is 13.8. The predicted molar refractivity (Wildman–Crippen MR) is 75.0 cm³/mol. The molecular formula is C14H19BrO3. The highest BCUT2D eigenvalue weighted by molar-refractivity contribution is 9.10. The van der Waals surface area contributed by atoms with Crippen LogP contribution in [0, 0.1) is 12.3 Å². The van der Waals surface area contributed by atoms with Gasteiger partial charge in [0.25, 0.3) is 0 Å². The maximum atomic E-state index is 10.9. The van der Waals surface area contributed by atoms with Crippen LogP contribution in [-0.4, -0.2) is 17.7 Å². The molecule has 1 aromatic rings. The minimum atomic E-state index is -0.763. The van der Waals surface area contributed by atoms with Crippen molar-refractivity contribution in [3.8, 4) is 5.75 Å². The van der Waals surface area contributed by atoms with Gasteiger partial charge in [-0.2, -0.15) is 0 Å². The van der Waals surface area contributed by atoms with Crippen molar-refractivity contribution in [2.24, 2.45) is 5.41 Å². The number of aliphatic carboxylic acids is 1. The number of hydrogen-bond acceptors (Lipinski definition) is 2. The highest BCUT2D eigenvalue weighted by atomic mass is 79.9. The van der Waals surface area contributed by atoms with Crippen LogP contribution in [0.3, 0.4) is 0 Å². The van der Waals surface area contributed by atoms with Gasteiger partial charge in [0.2, 0.25) is 0 Å². The van der Waals surface area contributed by atoms with Crippen molar-refractivity contribution in [1.82, 2.24) is 0 Å². The third-order valence-corrected chi connectivity index (χ3v) is 3.43. The van der Waals surface area contributed by atoms with Crippen molar-refractivity contribution in [2.75, 3.05) is 6.61 Å². The minimum Gasteiger partial charge on any atom is -0.493 e. The quantitative estimate of drug-likeness (QED) is 0.806. The van der Waals surface area contributed by atoms with E-state index in [0.717, 1.165) is 22.2 Å². The van der Waals surface area contributed by atoms with Crippen LogP contribution < -0.4 is 4.74 Å². The summed E-state index contributed by atoms with van der Waals surface area (Å²) in [4.78, 5) is 10.9. The number of halogens is 1. The molecule has 0 aliphatic carbocycles. The van der Waals surface area contributed by atoms with E-state index in [1.54, 1.807) is 13.8 Å². The number of benzene rings is 1. The van der Waals surface area contributed by atoms with Crippen LogP contribution in [-0.2, 0) is 4.79 Å².